The summed E-state index contributed by atoms with van der Waals surface area (Å²) >= 11 is 1.51. The summed E-state index contributed by atoms with van der Waals surface area (Å²) in [5.41, 5.74) is 3.07. The van der Waals surface area contributed by atoms with Crippen molar-refractivity contribution in [2.75, 3.05) is 19.1 Å². The van der Waals surface area contributed by atoms with Crippen LogP contribution in [0.15, 0.2) is 54.6 Å². The van der Waals surface area contributed by atoms with Crippen molar-refractivity contribution in [1.82, 2.24) is 10.2 Å². The molecule has 0 unspecified atom stereocenters. The Hall–Kier alpha value is -2.88. The summed E-state index contributed by atoms with van der Waals surface area (Å²) in [6, 6.07) is 15.7. The first kappa shape index (κ1) is 29.1. The van der Waals surface area contributed by atoms with Crippen LogP contribution in [0.4, 0.5) is 4.79 Å². The highest BCUT2D eigenvalue weighted by molar-refractivity contribution is 8.00. The minimum absolute atomic E-state index is 0.0398. The molecule has 0 bridgehead atoms. The van der Waals surface area contributed by atoms with Gasteiger partial charge in [-0.2, -0.15) is 0 Å². The molecular formula is C30H38N2O6S. The highest BCUT2D eigenvalue weighted by Crippen LogP contribution is 2.40. The van der Waals surface area contributed by atoms with E-state index in [1.807, 2.05) is 75.4 Å². The van der Waals surface area contributed by atoms with E-state index < -0.39 is 34.9 Å². The number of hydrogen-bond donors (Lipinski definition) is 2. The molecule has 2 aromatic rings. The predicted octanol–water partition coefficient (Wildman–Crippen LogP) is 3.66. The molecule has 210 valence electrons. The lowest BCUT2D eigenvalue weighted by molar-refractivity contribution is -0.146. The van der Waals surface area contributed by atoms with Crippen LogP contribution in [0.2, 0.25) is 0 Å². The molecule has 4 rings (SSSR count). The number of ketones is 1. The molecule has 2 saturated heterocycles. The number of benzene rings is 2. The van der Waals surface area contributed by atoms with Gasteiger partial charge in [-0.3, -0.25) is 9.59 Å². The topological polar surface area (TPSA) is 105 Å². The smallest absolute Gasteiger partial charge is 0.407 e. The second kappa shape index (κ2) is 13.0. The van der Waals surface area contributed by atoms with Gasteiger partial charge in [-0.05, 0) is 50.3 Å². The summed E-state index contributed by atoms with van der Waals surface area (Å²) in [5, 5.41) is 14.0. The maximum Gasteiger partial charge on any atom is 0.407 e. The molecule has 2 aliphatic rings. The van der Waals surface area contributed by atoms with Gasteiger partial charge in [-0.1, -0.05) is 54.6 Å². The molecule has 39 heavy (non-hydrogen) atoms. The minimum atomic E-state index is -1.56. The normalized spacial score (nSPS) is 21.8. The lowest BCUT2D eigenvalue weighted by Crippen LogP contribution is -2.57. The molecule has 9 heteroatoms. The second-order valence-corrected chi connectivity index (χ2v) is 12.4. The van der Waals surface area contributed by atoms with Crippen LogP contribution in [0.1, 0.15) is 43.4 Å². The van der Waals surface area contributed by atoms with Crippen molar-refractivity contribution in [1.29, 1.82) is 0 Å². The van der Waals surface area contributed by atoms with Crippen molar-refractivity contribution in [3.05, 3.63) is 71.3 Å². The first-order chi connectivity index (χ1) is 18.7. The molecule has 4 atom stereocenters. The van der Waals surface area contributed by atoms with Crippen LogP contribution in [0, 0.1) is 6.92 Å². The fourth-order valence-electron chi connectivity index (χ4n) is 5.20. The molecule has 0 radical (unpaired) electrons. The van der Waals surface area contributed by atoms with Gasteiger partial charge < -0.3 is 24.8 Å². The van der Waals surface area contributed by atoms with Gasteiger partial charge in [0.1, 0.15) is 12.1 Å². The molecule has 0 spiro atoms. The molecule has 8 nitrogen and oxygen atoms in total. The maximum atomic E-state index is 13.7. The van der Waals surface area contributed by atoms with Gasteiger partial charge in [0.25, 0.3) is 5.91 Å². The summed E-state index contributed by atoms with van der Waals surface area (Å²) in [6.07, 6.45) is -0.922. The van der Waals surface area contributed by atoms with Gasteiger partial charge >= 0.3 is 6.09 Å². The summed E-state index contributed by atoms with van der Waals surface area (Å²) in [6.45, 7) is 6.77. The van der Waals surface area contributed by atoms with Crippen LogP contribution in [0.5, 0.6) is 0 Å². The summed E-state index contributed by atoms with van der Waals surface area (Å²) < 4.78 is 10.2. The SMILES string of the molecule is Cc1ccccc1CCC(=O)[C@H]1N(C(=O)[C@@H](O)[C@H](Cc2ccccc2)NC(=O)O[C@H]2CCOC2)CSC1(C)C. The zero-order chi connectivity index (χ0) is 28.0. The van der Waals surface area contributed by atoms with Crippen molar-refractivity contribution < 1.29 is 29.0 Å². The Morgan fingerprint density at radius 2 is 1.87 bits per heavy atom. The van der Waals surface area contributed by atoms with E-state index in [2.05, 4.69) is 5.32 Å². The molecule has 2 aliphatic heterocycles. The van der Waals surface area contributed by atoms with E-state index in [9.17, 15) is 19.5 Å². The third-order valence-electron chi connectivity index (χ3n) is 7.43. The number of alkyl carbamates (subject to hydrolysis) is 1. The lowest BCUT2D eigenvalue weighted by Gasteiger charge is -2.33. The molecule has 0 aliphatic carbocycles. The first-order valence-corrected chi connectivity index (χ1v) is 14.4. The van der Waals surface area contributed by atoms with Gasteiger partial charge in [0.05, 0.1) is 25.1 Å². The number of Topliss-reactive ketones (excluding diaryl/α,β-unsaturated/α-hetero) is 1. The van der Waals surface area contributed by atoms with Gasteiger partial charge in [0, 0.05) is 17.6 Å². The third kappa shape index (κ3) is 7.41. The van der Waals surface area contributed by atoms with Crippen LogP contribution in [-0.4, -0.2) is 75.9 Å². The number of carbonyl (C=O) groups is 3. The number of amides is 2. The van der Waals surface area contributed by atoms with Gasteiger partial charge in [0.2, 0.25) is 0 Å². The number of nitrogens with zero attached hydrogens (tertiary/aromatic N) is 1. The molecule has 2 fully saturated rings. The van der Waals surface area contributed by atoms with Crippen LogP contribution in [0.3, 0.4) is 0 Å². The van der Waals surface area contributed by atoms with Crippen LogP contribution in [0.25, 0.3) is 0 Å². The number of nitrogens with one attached hydrogen (secondary N) is 1. The Labute approximate surface area is 234 Å². The summed E-state index contributed by atoms with van der Waals surface area (Å²) in [5.74, 6) is -0.333. The van der Waals surface area contributed by atoms with Crippen molar-refractivity contribution in [2.45, 2.75) is 75.5 Å². The quantitative estimate of drug-likeness (QED) is 0.462. The number of aliphatic hydroxyl groups excluding tert-OH is 1. The Morgan fingerprint density at radius 1 is 1.15 bits per heavy atom. The number of hydrogen-bond acceptors (Lipinski definition) is 7. The van der Waals surface area contributed by atoms with E-state index in [0.29, 0.717) is 32.5 Å². The van der Waals surface area contributed by atoms with E-state index in [1.54, 1.807) is 0 Å². The van der Waals surface area contributed by atoms with Crippen LogP contribution >= 0.6 is 11.8 Å². The number of aliphatic hydroxyl groups is 1. The van der Waals surface area contributed by atoms with Gasteiger partial charge in [0.15, 0.2) is 11.9 Å². The molecular weight excluding hydrogens is 516 g/mol. The van der Waals surface area contributed by atoms with Crippen LogP contribution in [-0.2, 0) is 31.9 Å². The van der Waals surface area contributed by atoms with Gasteiger partial charge in [-0.15, -0.1) is 11.8 Å². The maximum absolute atomic E-state index is 13.7. The number of aryl methyl sites for hydroxylation is 2. The Bertz CT molecular complexity index is 1150. The molecule has 0 aromatic heterocycles. The Kier molecular flexibility index (Phi) is 9.69. The molecule has 2 heterocycles. The third-order valence-corrected chi connectivity index (χ3v) is 8.81. The van der Waals surface area contributed by atoms with E-state index in [0.717, 1.165) is 16.7 Å². The van der Waals surface area contributed by atoms with E-state index in [-0.39, 0.29) is 24.2 Å². The average Bonchev–Trinajstić information content (AvgIpc) is 3.54. The number of ether oxygens (including phenoxy) is 2. The van der Waals surface area contributed by atoms with E-state index in [4.69, 9.17) is 9.47 Å². The second-order valence-electron chi connectivity index (χ2n) is 10.8. The summed E-state index contributed by atoms with van der Waals surface area (Å²) in [4.78, 5) is 41.4. The number of thioether (sulfide) groups is 1. The van der Waals surface area contributed by atoms with Crippen molar-refractivity contribution in [3.8, 4) is 0 Å². The molecule has 2 aromatic carbocycles. The standard InChI is InChI=1S/C30H38N2O6S/c1-20-9-7-8-12-22(20)13-14-25(33)27-30(2,3)39-19-32(27)28(35)26(34)24(17-21-10-5-4-6-11-21)31-29(36)38-23-15-16-37-18-23/h4-12,23-24,26-27,34H,13-19H2,1-3H3,(H,31,36)/t23-,24-,26-,27+/m0/s1. The fourth-order valence-corrected chi connectivity index (χ4v) is 6.36. The van der Waals surface area contributed by atoms with Crippen molar-refractivity contribution in [3.63, 3.8) is 0 Å². The Balaban J connectivity index is 1.48. The number of carbonyl (C=O) groups excluding carboxylic acids is 3. The van der Waals surface area contributed by atoms with Crippen molar-refractivity contribution in [2.24, 2.45) is 0 Å². The first-order valence-electron chi connectivity index (χ1n) is 13.4. The predicted molar refractivity (Wildman–Crippen MR) is 150 cm³/mol. The van der Waals surface area contributed by atoms with E-state index >= 15 is 0 Å². The highest BCUT2D eigenvalue weighted by atomic mass is 32.2. The molecule has 0 saturated carbocycles. The summed E-state index contributed by atoms with van der Waals surface area (Å²) in [7, 11) is 0. The largest absolute Gasteiger partial charge is 0.444 e. The Morgan fingerprint density at radius 3 is 2.56 bits per heavy atom. The average molecular weight is 555 g/mol. The molecule has 2 N–H and O–H groups in total. The van der Waals surface area contributed by atoms with Crippen LogP contribution < -0.4 is 5.32 Å². The lowest BCUT2D eigenvalue weighted by atomic mass is 9.92. The monoisotopic (exact) mass is 554 g/mol. The zero-order valence-corrected chi connectivity index (χ0v) is 23.6. The van der Waals surface area contributed by atoms with Crippen molar-refractivity contribution >= 4 is 29.5 Å². The number of rotatable bonds is 10. The van der Waals surface area contributed by atoms with E-state index in [1.165, 1.54) is 16.7 Å². The molecule has 2 amide bonds. The zero-order valence-electron chi connectivity index (χ0n) is 22.8. The minimum Gasteiger partial charge on any atom is -0.444 e. The van der Waals surface area contributed by atoms with Gasteiger partial charge in [-0.25, -0.2) is 4.79 Å². The fraction of sp³-hybridized carbons (Fsp3) is 0.500. The highest BCUT2D eigenvalue weighted by Gasteiger charge is 2.49.